The molecule has 1 saturated carbocycles. The van der Waals surface area contributed by atoms with Gasteiger partial charge in [-0.1, -0.05) is 31.4 Å². The molecule has 1 heterocycles. The van der Waals surface area contributed by atoms with Gasteiger partial charge in [0.1, 0.15) is 11.5 Å². The number of Topliss-reactive ketones (excluding diaryl/α,β-unsaturated/α-hetero) is 1. The number of carbonyl (C=O) groups excluding carboxylic acids is 2. The van der Waals surface area contributed by atoms with Gasteiger partial charge in [-0.2, -0.15) is 0 Å². The first kappa shape index (κ1) is 20.6. The molecule has 1 aliphatic heterocycles. The molecular weight excluding hydrogens is 400 g/mol. The maximum Gasteiger partial charge on any atom is 0.295 e. The predicted octanol–water partition coefficient (Wildman–Crippen LogP) is 4.05. The molecule has 2 fully saturated rings. The smallest absolute Gasteiger partial charge is 0.295 e. The monoisotopic (exact) mass is 422 g/mol. The summed E-state index contributed by atoms with van der Waals surface area (Å²) in [4.78, 5) is 38.0. The van der Waals surface area contributed by atoms with Crippen LogP contribution in [0.3, 0.4) is 0 Å². The number of aliphatic hydroxyl groups excluding tert-OH is 1. The number of aromatic hydroxyl groups is 1. The number of non-ortho nitro benzene ring substituents is 1. The van der Waals surface area contributed by atoms with Gasteiger partial charge in [0.2, 0.25) is 0 Å². The Kier molecular flexibility index (Phi) is 5.46. The van der Waals surface area contributed by atoms with E-state index in [1.54, 1.807) is 17.0 Å². The minimum atomic E-state index is -0.793. The number of nitro groups is 1. The second-order valence-corrected chi connectivity index (χ2v) is 7.89. The van der Waals surface area contributed by atoms with Gasteiger partial charge in [0, 0.05) is 23.7 Å². The van der Waals surface area contributed by atoms with Crippen molar-refractivity contribution in [1.82, 2.24) is 4.90 Å². The van der Waals surface area contributed by atoms with Gasteiger partial charge in [-0.25, -0.2) is 0 Å². The number of amides is 1. The standard InChI is InChI=1S/C23H22N2O6/c26-18-12-8-14(9-13-18)20-19(21(27)15-6-10-17(11-7-15)25(30)31)22(28)23(29)24(20)16-4-2-1-3-5-16/h6-13,16,20,26-27H,1-5H2/b21-19-. The molecule has 0 bridgehead atoms. The van der Waals surface area contributed by atoms with Gasteiger partial charge < -0.3 is 15.1 Å². The molecule has 2 N–H and O–H groups in total. The van der Waals surface area contributed by atoms with Gasteiger partial charge in [-0.3, -0.25) is 19.7 Å². The average Bonchev–Trinajstić information content (AvgIpc) is 3.05. The van der Waals surface area contributed by atoms with Crippen LogP contribution >= 0.6 is 0 Å². The molecule has 0 aromatic heterocycles. The van der Waals surface area contributed by atoms with Crippen molar-refractivity contribution in [3.05, 3.63) is 75.3 Å². The third-order valence-electron chi connectivity index (χ3n) is 6.01. The first-order valence-electron chi connectivity index (χ1n) is 10.2. The van der Waals surface area contributed by atoms with Gasteiger partial charge in [-0.05, 0) is 42.7 Å². The van der Waals surface area contributed by atoms with Gasteiger partial charge in [0.25, 0.3) is 17.4 Å². The van der Waals surface area contributed by atoms with E-state index in [0.717, 1.165) is 32.1 Å². The number of phenols is 1. The Bertz CT molecular complexity index is 1050. The van der Waals surface area contributed by atoms with Crippen LogP contribution in [-0.2, 0) is 9.59 Å². The van der Waals surface area contributed by atoms with Crippen LogP contribution in [0.4, 0.5) is 5.69 Å². The fraction of sp³-hybridized carbons (Fsp3) is 0.304. The first-order chi connectivity index (χ1) is 14.9. The number of aliphatic hydroxyl groups is 1. The zero-order valence-corrected chi connectivity index (χ0v) is 16.7. The number of carbonyl (C=O) groups is 2. The Labute approximate surface area is 178 Å². The normalized spacial score (nSPS) is 21.4. The van der Waals surface area contributed by atoms with E-state index in [2.05, 4.69) is 0 Å². The summed E-state index contributed by atoms with van der Waals surface area (Å²) in [6.45, 7) is 0. The van der Waals surface area contributed by atoms with Crippen molar-refractivity contribution in [2.24, 2.45) is 0 Å². The van der Waals surface area contributed by atoms with E-state index >= 15 is 0 Å². The van der Waals surface area contributed by atoms with E-state index in [1.165, 1.54) is 36.4 Å². The lowest BCUT2D eigenvalue weighted by molar-refractivity contribution is -0.384. The van der Waals surface area contributed by atoms with E-state index in [1.807, 2.05) is 0 Å². The summed E-state index contributed by atoms with van der Waals surface area (Å²) in [5.41, 5.74) is 0.631. The van der Waals surface area contributed by atoms with E-state index in [0.29, 0.717) is 5.56 Å². The fourth-order valence-electron chi connectivity index (χ4n) is 4.47. The topological polar surface area (TPSA) is 121 Å². The van der Waals surface area contributed by atoms with Crippen LogP contribution < -0.4 is 0 Å². The molecule has 8 heteroatoms. The second kappa shape index (κ2) is 8.22. The zero-order chi connectivity index (χ0) is 22.1. The molecule has 0 radical (unpaired) electrons. The minimum absolute atomic E-state index is 0.0462. The molecule has 2 aliphatic rings. The molecule has 0 spiro atoms. The number of nitro benzene ring substituents is 1. The Morgan fingerprint density at radius 1 is 0.968 bits per heavy atom. The molecule has 1 aliphatic carbocycles. The van der Waals surface area contributed by atoms with Crippen LogP contribution in [0.5, 0.6) is 5.75 Å². The summed E-state index contributed by atoms with van der Waals surface area (Å²) in [7, 11) is 0. The van der Waals surface area contributed by atoms with Crippen LogP contribution in [0.1, 0.15) is 49.3 Å². The lowest BCUT2D eigenvalue weighted by atomic mass is 9.91. The number of ketones is 1. The minimum Gasteiger partial charge on any atom is -0.508 e. The number of likely N-dealkylation sites (tertiary alicyclic amines) is 1. The Hall–Kier alpha value is -3.68. The van der Waals surface area contributed by atoms with E-state index in [9.17, 15) is 29.9 Å². The quantitative estimate of drug-likeness (QED) is 0.252. The number of benzene rings is 2. The van der Waals surface area contributed by atoms with E-state index in [-0.39, 0.29) is 34.4 Å². The van der Waals surface area contributed by atoms with Gasteiger partial charge in [0.15, 0.2) is 0 Å². The third kappa shape index (κ3) is 3.76. The van der Waals surface area contributed by atoms with Crippen molar-refractivity contribution in [2.75, 3.05) is 0 Å². The van der Waals surface area contributed by atoms with Crippen LogP contribution in [0, 0.1) is 10.1 Å². The van der Waals surface area contributed by atoms with Crippen LogP contribution in [0.15, 0.2) is 54.1 Å². The molecule has 2 aromatic rings. The molecule has 31 heavy (non-hydrogen) atoms. The van der Waals surface area contributed by atoms with Crippen molar-refractivity contribution in [2.45, 2.75) is 44.2 Å². The average molecular weight is 422 g/mol. The summed E-state index contributed by atoms with van der Waals surface area (Å²) in [5, 5.41) is 31.6. The summed E-state index contributed by atoms with van der Waals surface area (Å²) < 4.78 is 0. The highest BCUT2D eigenvalue weighted by atomic mass is 16.6. The lowest BCUT2D eigenvalue weighted by Crippen LogP contribution is -2.40. The van der Waals surface area contributed by atoms with Crippen molar-refractivity contribution < 1.29 is 24.7 Å². The number of nitrogens with zero attached hydrogens (tertiary/aromatic N) is 2. The Morgan fingerprint density at radius 2 is 1.58 bits per heavy atom. The van der Waals surface area contributed by atoms with Gasteiger partial charge in [-0.15, -0.1) is 0 Å². The molecular formula is C23H22N2O6. The SMILES string of the molecule is O=C1C(=O)N(C2CCCCC2)C(c2ccc(O)cc2)/C1=C(/O)c1ccc([N+](=O)[O-])cc1. The molecule has 1 unspecified atom stereocenters. The van der Waals surface area contributed by atoms with Crippen LogP contribution in [0.25, 0.3) is 5.76 Å². The molecule has 1 atom stereocenters. The van der Waals surface area contributed by atoms with Gasteiger partial charge >= 0.3 is 0 Å². The van der Waals surface area contributed by atoms with Crippen molar-refractivity contribution in [3.8, 4) is 5.75 Å². The molecule has 2 aromatic carbocycles. The summed E-state index contributed by atoms with van der Waals surface area (Å²) in [6, 6.07) is 10.5. The maximum atomic E-state index is 13.0. The fourth-order valence-corrected chi connectivity index (χ4v) is 4.47. The number of hydrogen-bond acceptors (Lipinski definition) is 6. The Balaban J connectivity index is 1.84. The van der Waals surface area contributed by atoms with E-state index < -0.39 is 22.7 Å². The molecule has 8 nitrogen and oxygen atoms in total. The summed E-state index contributed by atoms with van der Waals surface area (Å²) in [5.74, 6) is -1.76. The number of hydrogen-bond donors (Lipinski definition) is 2. The highest BCUT2D eigenvalue weighted by Crippen LogP contribution is 2.43. The Morgan fingerprint density at radius 3 is 2.16 bits per heavy atom. The lowest BCUT2D eigenvalue weighted by Gasteiger charge is -2.35. The molecule has 4 rings (SSSR count). The highest BCUT2D eigenvalue weighted by Gasteiger charge is 2.48. The molecule has 1 amide bonds. The summed E-state index contributed by atoms with van der Waals surface area (Å²) in [6.07, 6.45) is 4.54. The second-order valence-electron chi connectivity index (χ2n) is 7.89. The number of phenolic OH excluding ortho intramolecular Hbond substituents is 1. The molecule has 160 valence electrons. The van der Waals surface area contributed by atoms with Crippen molar-refractivity contribution in [3.63, 3.8) is 0 Å². The third-order valence-corrected chi connectivity index (χ3v) is 6.01. The maximum absolute atomic E-state index is 13.0. The largest absolute Gasteiger partial charge is 0.508 e. The highest BCUT2D eigenvalue weighted by molar-refractivity contribution is 6.46. The number of rotatable bonds is 4. The molecule has 1 saturated heterocycles. The van der Waals surface area contributed by atoms with Crippen LogP contribution in [-0.4, -0.2) is 37.8 Å². The van der Waals surface area contributed by atoms with Crippen molar-refractivity contribution >= 4 is 23.1 Å². The van der Waals surface area contributed by atoms with Crippen LogP contribution in [0.2, 0.25) is 0 Å². The van der Waals surface area contributed by atoms with E-state index in [4.69, 9.17) is 0 Å². The zero-order valence-electron chi connectivity index (χ0n) is 16.7. The predicted molar refractivity (Wildman–Crippen MR) is 112 cm³/mol. The summed E-state index contributed by atoms with van der Waals surface area (Å²) >= 11 is 0. The first-order valence-corrected chi connectivity index (χ1v) is 10.2. The van der Waals surface area contributed by atoms with Gasteiger partial charge in [0.05, 0.1) is 16.5 Å². The van der Waals surface area contributed by atoms with Crippen molar-refractivity contribution in [1.29, 1.82) is 0 Å².